The largest absolute Gasteiger partial charge is 0.357 e. The number of hydrogen-bond donors (Lipinski definition) is 2. The van der Waals surface area contributed by atoms with E-state index in [0.29, 0.717) is 6.04 Å². The quantitative estimate of drug-likeness (QED) is 0.186. The molecule has 2 heterocycles. The lowest BCUT2D eigenvalue weighted by Crippen LogP contribution is -2.39. The van der Waals surface area contributed by atoms with Crippen LogP contribution in [0.5, 0.6) is 0 Å². The van der Waals surface area contributed by atoms with Crippen LogP contribution in [0.3, 0.4) is 0 Å². The maximum Gasteiger partial charge on any atom is 0.191 e. The molecule has 2 rings (SSSR count). The number of nitrogens with zero attached hydrogens (tertiary/aromatic N) is 3. The number of aliphatic imine (C=N–C) groups is 1. The van der Waals surface area contributed by atoms with Crippen molar-refractivity contribution in [3.63, 3.8) is 0 Å². The zero-order chi connectivity index (χ0) is 16.3. The molecule has 0 amide bonds. The number of guanidine groups is 1. The fourth-order valence-corrected chi connectivity index (χ4v) is 4.42. The zero-order valence-corrected chi connectivity index (χ0v) is 18.6. The van der Waals surface area contributed by atoms with Crippen molar-refractivity contribution in [2.75, 3.05) is 38.5 Å². The molecular weight excluding hydrogens is 453 g/mol. The van der Waals surface area contributed by atoms with Gasteiger partial charge in [-0.25, -0.2) is 4.98 Å². The SMILES string of the molecule is CCNC(=NCC1CCCN1CC)NCCCSc1nccs1.I. The summed E-state index contributed by atoms with van der Waals surface area (Å²) in [7, 11) is 0. The fraction of sp³-hybridized carbons (Fsp3) is 0.750. The molecular formula is C16H30IN5S2. The van der Waals surface area contributed by atoms with Gasteiger partial charge in [0.25, 0.3) is 0 Å². The summed E-state index contributed by atoms with van der Waals surface area (Å²) < 4.78 is 1.16. The second-order valence-electron chi connectivity index (χ2n) is 5.57. The van der Waals surface area contributed by atoms with E-state index in [0.717, 1.165) is 48.7 Å². The number of nitrogens with one attached hydrogen (secondary N) is 2. The van der Waals surface area contributed by atoms with Gasteiger partial charge in [0.05, 0.1) is 6.54 Å². The van der Waals surface area contributed by atoms with Gasteiger partial charge in [-0.1, -0.05) is 18.7 Å². The van der Waals surface area contributed by atoms with Crippen molar-refractivity contribution in [3.05, 3.63) is 11.6 Å². The standard InChI is InChI=1S/C16H29N5S2.HI/c1-3-17-15(20-13-14-7-5-10-21(14)4-2)18-8-6-11-22-16-19-9-12-23-16;/h9,12,14H,3-8,10-11,13H2,1-2H3,(H2,17,18,20);1H. The summed E-state index contributed by atoms with van der Waals surface area (Å²) in [4.78, 5) is 11.6. The summed E-state index contributed by atoms with van der Waals surface area (Å²) in [5, 5.41) is 8.82. The van der Waals surface area contributed by atoms with E-state index >= 15 is 0 Å². The Labute approximate surface area is 171 Å². The molecule has 138 valence electrons. The van der Waals surface area contributed by atoms with Crippen molar-refractivity contribution >= 4 is 53.0 Å². The molecule has 8 heteroatoms. The molecule has 1 atom stereocenters. The number of hydrogen-bond acceptors (Lipinski definition) is 5. The van der Waals surface area contributed by atoms with Crippen LogP contribution in [0, 0.1) is 0 Å². The van der Waals surface area contributed by atoms with Gasteiger partial charge in [0.2, 0.25) is 0 Å². The first-order valence-corrected chi connectivity index (χ1v) is 10.5. The minimum absolute atomic E-state index is 0. The molecule has 0 spiro atoms. The molecule has 1 aromatic heterocycles. The summed E-state index contributed by atoms with van der Waals surface area (Å²) in [6.07, 6.45) is 5.57. The van der Waals surface area contributed by atoms with Crippen LogP contribution in [-0.4, -0.2) is 60.4 Å². The second-order valence-corrected chi connectivity index (χ2v) is 7.81. The fourth-order valence-electron chi connectivity index (χ4n) is 2.78. The van der Waals surface area contributed by atoms with Crippen LogP contribution in [0.25, 0.3) is 0 Å². The zero-order valence-electron chi connectivity index (χ0n) is 14.7. The number of likely N-dealkylation sites (N-methyl/N-ethyl adjacent to an activating group) is 1. The molecule has 1 fully saturated rings. The van der Waals surface area contributed by atoms with Crippen LogP contribution in [-0.2, 0) is 0 Å². The smallest absolute Gasteiger partial charge is 0.191 e. The van der Waals surface area contributed by atoms with E-state index in [1.807, 2.05) is 23.3 Å². The molecule has 5 nitrogen and oxygen atoms in total. The molecule has 0 saturated carbocycles. The van der Waals surface area contributed by atoms with Crippen molar-refractivity contribution in [2.45, 2.75) is 43.5 Å². The van der Waals surface area contributed by atoms with E-state index in [2.05, 4.69) is 34.4 Å². The van der Waals surface area contributed by atoms with Crippen LogP contribution in [0.2, 0.25) is 0 Å². The third-order valence-electron chi connectivity index (χ3n) is 3.96. The molecule has 1 aliphatic heterocycles. The predicted octanol–water partition coefficient (Wildman–Crippen LogP) is 3.28. The van der Waals surface area contributed by atoms with Crippen LogP contribution < -0.4 is 10.6 Å². The van der Waals surface area contributed by atoms with Crippen molar-refractivity contribution in [1.29, 1.82) is 0 Å². The topological polar surface area (TPSA) is 52.6 Å². The molecule has 0 aliphatic carbocycles. The van der Waals surface area contributed by atoms with E-state index < -0.39 is 0 Å². The van der Waals surface area contributed by atoms with Crippen LogP contribution in [0.15, 0.2) is 20.9 Å². The highest BCUT2D eigenvalue weighted by Crippen LogP contribution is 2.20. The third kappa shape index (κ3) is 7.88. The number of aromatic nitrogens is 1. The Morgan fingerprint density at radius 1 is 1.46 bits per heavy atom. The van der Waals surface area contributed by atoms with Crippen LogP contribution in [0.1, 0.15) is 33.1 Å². The number of halogens is 1. The first-order chi connectivity index (χ1) is 11.3. The lowest BCUT2D eigenvalue weighted by Gasteiger charge is -2.21. The second kappa shape index (κ2) is 13.2. The van der Waals surface area contributed by atoms with Crippen molar-refractivity contribution in [3.8, 4) is 0 Å². The van der Waals surface area contributed by atoms with E-state index in [1.54, 1.807) is 11.3 Å². The number of rotatable bonds is 9. The molecule has 1 aromatic rings. The van der Waals surface area contributed by atoms with Gasteiger partial charge in [0.1, 0.15) is 4.34 Å². The maximum atomic E-state index is 4.78. The molecule has 24 heavy (non-hydrogen) atoms. The van der Waals surface area contributed by atoms with Gasteiger partial charge in [-0.05, 0) is 39.3 Å². The molecule has 0 bridgehead atoms. The summed E-state index contributed by atoms with van der Waals surface area (Å²) >= 11 is 3.54. The number of thioether (sulfide) groups is 1. The van der Waals surface area contributed by atoms with Crippen molar-refractivity contribution < 1.29 is 0 Å². The Kier molecular flexibility index (Phi) is 12.1. The average Bonchev–Trinajstić information content (AvgIpc) is 3.23. The molecule has 1 aliphatic rings. The van der Waals surface area contributed by atoms with Crippen LogP contribution >= 0.6 is 47.1 Å². The van der Waals surface area contributed by atoms with Crippen LogP contribution in [0.4, 0.5) is 0 Å². The first-order valence-electron chi connectivity index (χ1n) is 8.62. The molecule has 1 unspecified atom stereocenters. The monoisotopic (exact) mass is 483 g/mol. The van der Waals surface area contributed by atoms with Crippen molar-refractivity contribution in [1.82, 2.24) is 20.5 Å². The van der Waals surface area contributed by atoms with Gasteiger partial charge in [0.15, 0.2) is 5.96 Å². The lowest BCUT2D eigenvalue weighted by atomic mass is 10.2. The highest BCUT2D eigenvalue weighted by Gasteiger charge is 2.22. The van der Waals surface area contributed by atoms with Gasteiger partial charge >= 0.3 is 0 Å². The van der Waals surface area contributed by atoms with E-state index in [4.69, 9.17) is 4.99 Å². The Morgan fingerprint density at radius 2 is 2.33 bits per heavy atom. The molecule has 2 N–H and O–H groups in total. The summed E-state index contributed by atoms with van der Waals surface area (Å²) in [5.74, 6) is 2.04. The normalized spacial score (nSPS) is 18.4. The molecule has 0 aromatic carbocycles. The highest BCUT2D eigenvalue weighted by atomic mass is 127. The highest BCUT2D eigenvalue weighted by molar-refractivity contribution is 14.0. The van der Waals surface area contributed by atoms with E-state index in [9.17, 15) is 0 Å². The van der Waals surface area contributed by atoms with Gasteiger partial charge in [-0.2, -0.15) is 0 Å². The third-order valence-corrected chi connectivity index (χ3v) is 6.01. The Balaban J connectivity index is 0.00000288. The maximum absolute atomic E-state index is 4.78. The number of likely N-dealkylation sites (tertiary alicyclic amines) is 1. The van der Waals surface area contributed by atoms with E-state index in [-0.39, 0.29) is 24.0 Å². The minimum Gasteiger partial charge on any atom is -0.357 e. The lowest BCUT2D eigenvalue weighted by molar-refractivity contribution is 0.273. The Morgan fingerprint density at radius 3 is 3.04 bits per heavy atom. The van der Waals surface area contributed by atoms with Gasteiger partial charge in [0, 0.05) is 36.5 Å². The summed E-state index contributed by atoms with van der Waals surface area (Å²) in [6.45, 7) is 9.48. The first kappa shape index (κ1) is 22.0. The Hall–Kier alpha value is -0.0600. The van der Waals surface area contributed by atoms with Gasteiger partial charge < -0.3 is 10.6 Å². The predicted molar refractivity (Wildman–Crippen MR) is 117 cm³/mol. The minimum atomic E-state index is 0. The summed E-state index contributed by atoms with van der Waals surface area (Å²) in [6, 6.07) is 0.621. The Bertz CT molecular complexity index is 455. The van der Waals surface area contributed by atoms with Gasteiger partial charge in [-0.3, -0.25) is 9.89 Å². The summed E-state index contributed by atoms with van der Waals surface area (Å²) in [5.41, 5.74) is 0. The van der Waals surface area contributed by atoms with Gasteiger partial charge in [-0.15, -0.1) is 35.3 Å². The van der Waals surface area contributed by atoms with E-state index in [1.165, 1.54) is 19.4 Å². The average molecular weight is 483 g/mol. The molecule has 0 radical (unpaired) electrons. The van der Waals surface area contributed by atoms with Crippen molar-refractivity contribution in [2.24, 2.45) is 4.99 Å². The number of thiazole rings is 1. The molecule has 1 saturated heterocycles.